The van der Waals surface area contributed by atoms with Crippen LogP contribution in [0, 0.1) is 18.2 Å². The van der Waals surface area contributed by atoms with Crippen molar-refractivity contribution in [2.24, 2.45) is 0 Å². The lowest BCUT2D eigenvalue weighted by Gasteiger charge is -2.23. The van der Waals surface area contributed by atoms with Gasteiger partial charge in [-0.25, -0.2) is 4.39 Å². The van der Waals surface area contributed by atoms with Crippen molar-refractivity contribution in [2.45, 2.75) is 45.6 Å². The number of carbonyl (C=O) groups excluding carboxylic acids is 2. The third-order valence-corrected chi connectivity index (χ3v) is 6.89. The molecule has 1 unspecified atom stereocenters. The molecule has 0 fully saturated rings. The van der Waals surface area contributed by atoms with Crippen LogP contribution in [0.25, 0.3) is 33.2 Å². The van der Waals surface area contributed by atoms with Gasteiger partial charge in [-0.3, -0.25) is 9.59 Å². The summed E-state index contributed by atoms with van der Waals surface area (Å²) in [7, 11) is 1.55. The van der Waals surface area contributed by atoms with E-state index in [1.807, 2.05) is 45.1 Å². The minimum atomic E-state index is -0.752. The zero-order valence-electron chi connectivity index (χ0n) is 22.6. The van der Waals surface area contributed by atoms with E-state index in [0.717, 1.165) is 22.9 Å². The van der Waals surface area contributed by atoms with E-state index in [1.54, 1.807) is 31.5 Å². The first-order chi connectivity index (χ1) is 18.7. The van der Waals surface area contributed by atoms with Gasteiger partial charge in [-0.05, 0) is 68.1 Å². The Hall–Kier alpha value is -4.57. The fourth-order valence-corrected chi connectivity index (χ4v) is 4.42. The number of amides is 2. The Kier molecular flexibility index (Phi) is 8.06. The molecule has 0 aliphatic carbocycles. The van der Waals surface area contributed by atoms with Crippen molar-refractivity contribution < 1.29 is 18.4 Å². The Bertz CT molecular complexity index is 1630. The number of H-pyrrole nitrogens is 1. The highest BCUT2D eigenvalue weighted by molar-refractivity contribution is 6.17. The molecule has 4 aromatic rings. The van der Waals surface area contributed by atoms with Crippen LogP contribution in [0.2, 0.25) is 0 Å². The van der Waals surface area contributed by atoms with Crippen molar-refractivity contribution in [1.82, 2.24) is 15.6 Å². The van der Waals surface area contributed by atoms with Crippen molar-refractivity contribution in [3.63, 3.8) is 0 Å². The molecule has 0 aliphatic heterocycles. The van der Waals surface area contributed by atoms with E-state index in [0.29, 0.717) is 46.3 Å². The Balaban J connectivity index is 1.85. The van der Waals surface area contributed by atoms with Gasteiger partial charge in [0.2, 0.25) is 0 Å². The molecule has 0 radical (unpaired) electrons. The maximum Gasteiger partial charge on any atom is 0.255 e. The molecule has 2 amide bonds. The van der Waals surface area contributed by atoms with E-state index in [9.17, 15) is 14.0 Å². The summed E-state index contributed by atoms with van der Waals surface area (Å²) in [4.78, 5) is 29.5. The summed E-state index contributed by atoms with van der Waals surface area (Å²) >= 11 is 0. The lowest BCUT2D eigenvalue weighted by atomic mass is 9.98. The average molecular weight is 526 g/mol. The topological polar surface area (TPSA) is 87.1 Å². The molecular weight excluding hydrogens is 493 g/mol. The fraction of sp³-hybridized carbons (Fsp3) is 0.250. The number of terminal acetylenes is 1. The molecule has 2 aromatic carbocycles. The minimum Gasteiger partial charge on any atom is -0.454 e. The molecule has 39 heavy (non-hydrogen) atoms. The van der Waals surface area contributed by atoms with Crippen LogP contribution in [0.3, 0.4) is 0 Å². The maximum absolute atomic E-state index is 13.6. The minimum absolute atomic E-state index is 0.251. The van der Waals surface area contributed by atoms with Gasteiger partial charge in [-0.2, -0.15) is 0 Å². The van der Waals surface area contributed by atoms with E-state index in [-0.39, 0.29) is 17.6 Å². The summed E-state index contributed by atoms with van der Waals surface area (Å²) in [6, 6.07) is 9.63. The van der Waals surface area contributed by atoms with E-state index in [2.05, 4.69) is 21.5 Å². The van der Waals surface area contributed by atoms with Gasteiger partial charge in [0.15, 0.2) is 0 Å². The Morgan fingerprint density at radius 1 is 1.18 bits per heavy atom. The SMILES string of the molecule is C#CC(C)(CC)NC(=O)C(/C=C\CC)=C/Cc1cc2c(C(=O)NC)c(-c3ccc(F)cc3)oc2c2cc[nH]c12. The largest absolute Gasteiger partial charge is 0.454 e. The number of hydrogen-bond acceptors (Lipinski definition) is 3. The predicted octanol–water partition coefficient (Wildman–Crippen LogP) is 6.43. The molecule has 7 heteroatoms. The van der Waals surface area contributed by atoms with Crippen LogP contribution >= 0.6 is 0 Å². The number of nitrogens with one attached hydrogen (secondary N) is 3. The molecule has 0 saturated carbocycles. The molecule has 0 bridgehead atoms. The zero-order valence-corrected chi connectivity index (χ0v) is 22.6. The van der Waals surface area contributed by atoms with Crippen LogP contribution in [-0.4, -0.2) is 29.4 Å². The van der Waals surface area contributed by atoms with Crippen molar-refractivity contribution >= 4 is 33.7 Å². The van der Waals surface area contributed by atoms with E-state index >= 15 is 0 Å². The van der Waals surface area contributed by atoms with Crippen LogP contribution in [0.4, 0.5) is 4.39 Å². The van der Waals surface area contributed by atoms with Crippen molar-refractivity contribution in [2.75, 3.05) is 7.05 Å². The average Bonchev–Trinajstić information content (AvgIpc) is 3.58. The second-order valence-corrected chi connectivity index (χ2v) is 9.53. The molecule has 0 aliphatic rings. The molecule has 2 heterocycles. The lowest BCUT2D eigenvalue weighted by Crippen LogP contribution is -2.44. The van der Waals surface area contributed by atoms with Gasteiger partial charge in [-0.15, -0.1) is 6.42 Å². The third-order valence-electron chi connectivity index (χ3n) is 6.89. The summed E-state index contributed by atoms with van der Waals surface area (Å²) in [6.07, 6.45) is 14.8. The lowest BCUT2D eigenvalue weighted by molar-refractivity contribution is -0.118. The summed E-state index contributed by atoms with van der Waals surface area (Å²) < 4.78 is 19.9. The number of halogens is 1. The first kappa shape index (κ1) is 27.5. The quantitative estimate of drug-likeness (QED) is 0.134. The first-order valence-electron chi connectivity index (χ1n) is 13.0. The first-order valence-corrected chi connectivity index (χ1v) is 13.0. The normalized spacial score (nSPS) is 13.5. The van der Waals surface area contributed by atoms with Gasteiger partial charge in [-0.1, -0.05) is 38.0 Å². The fourth-order valence-electron chi connectivity index (χ4n) is 4.42. The summed E-state index contributed by atoms with van der Waals surface area (Å²) in [5.41, 5.74) is 2.97. The number of hydrogen-bond donors (Lipinski definition) is 3. The van der Waals surface area contributed by atoms with Crippen molar-refractivity contribution in [1.29, 1.82) is 0 Å². The number of fused-ring (bicyclic) bond motifs is 3. The molecule has 0 spiro atoms. The number of furan rings is 1. The Labute approximate surface area is 227 Å². The number of benzene rings is 2. The van der Waals surface area contributed by atoms with Crippen LogP contribution < -0.4 is 10.6 Å². The molecule has 6 nitrogen and oxygen atoms in total. The van der Waals surface area contributed by atoms with Crippen molar-refractivity contribution in [3.05, 3.63) is 83.3 Å². The Morgan fingerprint density at radius 2 is 1.92 bits per heavy atom. The maximum atomic E-state index is 13.6. The van der Waals surface area contributed by atoms with Gasteiger partial charge in [0, 0.05) is 35.2 Å². The highest BCUT2D eigenvalue weighted by atomic mass is 19.1. The number of carbonyl (C=O) groups is 2. The number of aromatic nitrogens is 1. The molecule has 1 atom stereocenters. The highest BCUT2D eigenvalue weighted by Crippen LogP contribution is 2.39. The molecule has 0 saturated heterocycles. The smallest absolute Gasteiger partial charge is 0.255 e. The second-order valence-electron chi connectivity index (χ2n) is 9.53. The van der Waals surface area contributed by atoms with E-state index in [4.69, 9.17) is 10.8 Å². The van der Waals surface area contributed by atoms with Crippen LogP contribution in [-0.2, 0) is 11.2 Å². The second kappa shape index (κ2) is 11.4. The standard InChI is InChI=1S/C32H32FN3O3/c1-6-9-10-21(30(37)36-32(4,7-2)8-3)11-12-22-19-25-26(31(38)34-5)28(20-13-15-23(33)16-14-20)39-29(25)24-17-18-35-27(22)24/h2,9-11,13-19,35H,6,8,12H2,1,3-5H3,(H,34,38)(H,36,37)/b10-9-,21-11+. The molecule has 3 N–H and O–H groups in total. The number of aromatic amines is 1. The van der Waals surface area contributed by atoms with Gasteiger partial charge in [0.1, 0.15) is 17.2 Å². The van der Waals surface area contributed by atoms with E-state index < -0.39 is 5.54 Å². The van der Waals surface area contributed by atoms with Gasteiger partial charge in [0.25, 0.3) is 11.8 Å². The molecule has 2 aromatic heterocycles. The van der Waals surface area contributed by atoms with Crippen molar-refractivity contribution in [3.8, 4) is 23.7 Å². The van der Waals surface area contributed by atoms with E-state index in [1.165, 1.54) is 12.1 Å². The number of allylic oxidation sites excluding steroid dienone is 2. The monoisotopic (exact) mass is 525 g/mol. The van der Waals surface area contributed by atoms with Gasteiger partial charge < -0.3 is 20.0 Å². The summed E-state index contributed by atoms with van der Waals surface area (Å²) in [6.45, 7) is 5.75. The predicted molar refractivity (Wildman–Crippen MR) is 154 cm³/mol. The van der Waals surface area contributed by atoms with Gasteiger partial charge in [0.05, 0.1) is 16.6 Å². The molecular formula is C32H32FN3O3. The third kappa shape index (κ3) is 5.51. The Morgan fingerprint density at radius 3 is 2.56 bits per heavy atom. The van der Waals surface area contributed by atoms with Crippen LogP contribution in [0.5, 0.6) is 0 Å². The van der Waals surface area contributed by atoms with Crippen LogP contribution in [0.1, 0.15) is 49.5 Å². The highest BCUT2D eigenvalue weighted by Gasteiger charge is 2.25. The summed E-state index contributed by atoms with van der Waals surface area (Å²) in [5, 5.41) is 7.08. The number of rotatable bonds is 9. The van der Waals surface area contributed by atoms with Crippen LogP contribution in [0.15, 0.2) is 70.8 Å². The molecule has 4 rings (SSSR count). The zero-order chi connectivity index (χ0) is 28.2. The molecule has 200 valence electrons. The van der Waals surface area contributed by atoms with Gasteiger partial charge >= 0.3 is 0 Å². The summed E-state index contributed by atoms with van der Waals surface area (Å²) in [5.74, 6) is 2.08.